The maximum absolute atomic E-state index is 13.6. The summed E-state index contributed by atoms with van der Waals surface area (Å²) in [6, 6.07) is 6.37. The van der Waals surface area contributed by atoms with Crippen molar-refractivity contribution in [2.24, 2.45) is 0 Å². The second-order valence-electron chi connectivity index (χ2n) is 4.13. The summed E-state index contributed by atoms with van der Waals surface area (Å²) in [5.74, 6) is -1.46. The van der Waals surface area contributed by atoms with E-state index in [0.29, 0.717) is 11.2 Å². The van der Waals surface area contributed by atoms with Gasteiger partial charge in [0.1, 0.15) is 24.1 Å². The Hall–Kier alpha value is -2.34. The molecular formula is C13H9F2N3O. The van der Waals surface area contributed by atoms with Crippen molar-refractivity contribution >= 4 is 5.65 Å². The highest BCUT2D eigenvalue weighted by molar-refractivity contribution is 5.40. The molecule has 2 heterocycles. The van der Waals surface area contributed by atoms with Gasteiger partial charge in [0.2, 0.25) is 0 Å². The number of fused-ring (bicyclic) bond motifs is 1. The van der Waals surface area contributed by atoms with Crippen LogP contribution >= 0.6 is 0 Å². The molecule has 0 amide bonds. The first-order chi connectivity index (χ1) is 9.15. The number of benzene rings is 1. The lowest BCUT2D eigenvalue weighted by molar-refractivity contribution is 0.214. The summed E-state index contributed by atoms with van der Waals surface area (Å²) >= 11 is 0. The first kappa shape index (κ1) is 11.7. The number of hydrogen-bond donors (Lipinski definition) is 1. The molecule has 6 heteroatoms. The zero-order chi connectivity index (χ0) is 13.4. The minimum absolute atomic E-state index is 0.0221. The molecular weight excluding hydrogens is 252 g/mol. The SMILES string of the molecule is OC(c1ccc2nncn2c1)c1ccc(F)cc1F. The Morgan fingerprint density at radius 2 is 2.00 bits per heavy atom. The van der Waals surface area contributed by atoms with Crippen molar-refractivity contribution in [2.45, 2.75) is 6.10 Å². The van der Waals surface area contributed by atoms with Gasteiger partial charge in [0.15, 0.2) is 5.65 Å². The van der Waals surface area contributed by atoms with Crippen LogP contribution in [0, 0.1) is 11.6 Å². The Labute approximate surface area is 107 Å². The van der Waals surface area contributed by atoms with Crippen molar-refractivity contribution in [3.05, 3.63) is 65.6 Å². The summed E-state index contributed by atoms with van der Waals surface area (Å²) in [6.45, 7) is 0. The van der Waals surface area contributed by atoms with Crippen LogP contribution in [0.5, 0.6) is 0 Å². The highest BCUT2D eigenvalue weighted by Crippen LogP contribution is 2.24. The van der Waals surface area contributed by atoms with Crippen molar-refractivity contribution in [3.63, 3.8) is 0 Å². The second-order valence-corrected chi connectivity index (χ2v) is 4.13. The number of aromatic nitrogens is 3. The third-order valence-electron chi connectivity index (χ3n) is 2.89. The number of nitrogens with zero attached hydrogens (tertiary/aromatic N) is 3. The maximum Gasteiger partial charge on any atom is 0.160 e. The smallest absolute Gasteiger partial charge is 0.160 e. The Morgan fingerprint density at radius 3 is 2.79 bits per heavy atom. The van der Waals surface area contributed by atoms with Gasteiger partial charge in [-0.2, -0.15) is 0 Å². The fraction of sp³-hybridized carbons (Fsp3) is 0.0769. The summed E-state index contributed by atoms with van der Waals surface area (Å²) in [5.41, 5.74) is 1.11. The number of aliphatic hydroxyl groups excluding tert-OH is 1. The molecule has 1 unspecified atom stereocenters. The number of aliphatic hydroxyl groups is 1. The van der Waals surface area contributed by atoms with E-state index in [1.54, 1.807) is 22.7 Å². The lowest BCUT2D eigenvalue weighted by Gasteiger charge is -2.12. The van der Waals surface area contributed by atoms with Crippen LogP contribution in [0.3, 0.4) is 0 Å². The molecule has 0 saturated carbocycles. The Balaban J connectivity index is 2.04. The van der Waals surface area contributed by atoms with E-state index >= 15 is 0 Å². The van der Waals surface area contributed by atoms with Crippen LogP contribution in [0.25, 0.3) is 5.65 Å². The predicted molar refractivity (Wildman–Crippen MR) is 63.4 cm³/mol. The van der Waals surface area contributed by atoms with Gasteiger partial charge in [0.05, 0.1) is 0 Å². The van der Waals surface area contributed by atoms with Gasteiger partial charge in [-0.15, -0.1) is 10.2 Å². The van der Waals surface area contributed by atoms with Crippen molar-refractivity contribution in [1.82, 2.24) is 14.6 Å². The van der Waals surface area contributed by atoms with Crippen LogP contribution in [0.2, 0.25) is 0 Å². The zero-order valence-corrected chi connectivity index (χ0v) is 9.66. The molecule has 0 aliphatic rings. The van der Waals surface area contributed by atoms with E-state index in [1.165, 1.54) is 12.4 Å². The van der Waals surface area contributed by atoms with E-state index < -0.39 is 17.7 Å². The summed E-state index contributed by atoms with van der Waals surface area (Å²) in [5, 5.41) is 17.7. The molecule has 96 valence electrons. The van der Waals surface area contributed by atoms with E-state index in [9.17, 15) is 13.9 Å². The molecule has 0 radical (unpaired) electrons. The van der Waals surface area contributed by atoms with Crippen molar-refractivity contribution in [2.75, 3.05) is 0 Å². The lowest BCUT2D eigenvalue weighted by Crippen LogP contribution is -2.04. The van der Waals surface area contributed by atoms with Gasteiger partial charge in [0.25, 0.3) is 0 Å². The minimum Gasteiger partial charge on any atom is -0.383 e. The largest absolute Gasteiger partial charge is 0.383 e. The quantitative estimate of drug-likeness (QED) is 0.768. The fourth-order valence-corrected chi connectivity index (χ4v) is 1.91. The number of rotatable bonds is 2. The van der Waals surface area contributed by atoms with Gasteiger partial charge < -0.3 is 5.11 Å². The molecule has 1 N–H and O–H groups in total. The van der Waals surface area contributed by atoms with Gasteiger partial charge in [-0.1, -0.05) is 12.1 Å². The average Bonchev–Trinajstić information content (AvgIpc) is 2.85. The first-order valence-electron chi connectivity index (χ1n) is 5.57. The number of pyridine rings is 1. The fourth-order valence-electron chi connectivity index (χ4n) is 1.91. The number of hydrogen-bond acceptors (Lipinski definition) is 3. The van der Waals surface area contributed by atoms with Crippen molar-refractivity contribution in [1.29, 1.82) is 0 Å². The first-order valence-corrected chi connectivity index (χ1v) is 5.57. The van der Waals surface area contributed by atoms with Gasteiger partial charge in [-0.3, -0.25) is 4.40 Å². The second kappa shape index (κ2) is 4.40. The van der Waals surface area contributed by atoms with E-state index in [1.807, 2.05) is 0 Å². The predicted octanol–water partition coefficient (Wildman–Crippen LogP) is 2.09. The van der Waals surface area contributed by atoms with E-state index in [4.69, 9.17) is 0 Å². The molecule has 3 aromatic rings. The highest BCUT2D eigenvalue weighted by atomic mass is 19.1. The monoisotopic (exact) mass is 261 g/mol. The van der Waals surface area contributed by atoms with Crippen molar-refractivity contribution < 1.29 is 13.9 Å². The number of halogens is 2. The molecule has 4 nitrogen and oxygen atoms in total. The van der Waals surface area contributed by atoms with Gasteiger partial charge in [-0.05, 0) is 12.1 Å². The van der Waals surface area contributed by atoms with Crippen LogP contribution < -0.4 is 0 Å². The van der Waals surface area contributed by atoms with Crippen LogP contribution in [0.15, 0.2) is 42.9 Å². The molecule has 2 aromatic heterocycles. The Kier molecular flexibility index (Phi) is 2.72. The maximum atomic E-state index is 13.6. The summed E-state index contributed by atoms with van der Waals surface area (Å²) < 4.78 is 28.1. The van der Waals surface area contributed by atoms with Crippen LogP contribution in [0.4, 0.5) is 8.78 Å². The normalized spacial score (nSPS) is 12.8. The lowest BCUT2D eigenvalue weighted by atomic mass is 10.0. The van der Waals surface area contributed by atoms with Gasteiger partial charge in [-0.25, -0.2) is 8.78 Å². The summed E-state index contributed by atoms with van der Waals surface area (Å²) in [7, 11) is 0. The van der Waals surface area contributed by atoms with Gasteiger partial charge in [0, 0.05) is 23.4 Å². The summed E-state index contributed by atoms with van der Waals surface area (Å²) in [6.07, 6.45) is 1.91. The van der Waals surface area contributed by atoms with E-state index in [2.05, 4.69) is 10.2 Å². The van der Waals surface area contributed by atoms with Crippen LogP contribution in [-0.4, -0.2) is 19.7 Å². The van der Waals surface area contributed by atoms with Crippen molar-refractivity contribution in [3.8, 4) is 0 Å². The minimum atomic E-state index is -1.17. The molecule has 0 aliphatic carbocycles. The molecule has 3 rings (SSSR count). The standard InChI is InChI=1S/C13H9F2N3O/c14-9-2-3-10(11(15)5-9)13(19)8-1-4-12-17-16-7-18(12)6-8/h1-7,13,19H. The van der Waals surface area contributed by atoms with Gasteiger partial charge >= 0.3 is 0 Å². The molecule has 1 aromatic carbocycles. The molecule has 0 aliphatic heterocycles. The van der Waals surface area contributed by atoms with E-state index in [-0.39, 0.29) is 5.56 Å². The molecule has 0 bridgehead atoms. The highest BCUT2D eigenvalue weighted by Gasteiger charge is 2.16. The third-order valence-corrected chi connectivity index (χ3v) is 2.89. The molecule has 19 heavy (non-hydrogen) atoms. The zero-order valence-electron chi connectivity index (χ0n) is 9.66. The van der Waals surface area contributed by atoms with Crippen LogP contribution in [0.1, 0.15) is 17.2 Å². The molecule has 0 saturated heterocycles. The molecule has 0 spiro atoms. The molecule has 0 fully saturated rings. The molecule has 1 atom stereocenters. The topological polar surface area (TPSA) is 50.4 Å². The average molecular weight is 261 g/mol. The Morgan fingerprint density at radius 1 is 1.16 bits per heavy atom. The third kappa shape index (κ3) is 2.06. The summed E-state index contributed by atoms with van der Waals surface area (Å²) in [4.78, 5) is 0. The van der Waals surface area contributed by atoms with E-state index in [0.717, 1.165) is 12.1 Å². The Bertz CT molecular complexity index is 742. The van der Waals surface area contributed by atoms with Crippen LogP contribution in [-0.2, 0) is 0 Å².